The van der Waals surface area contributed by atoms with Gasteiger partial charge in [-0.1, -0.05) is 6.07 Å². The van der Waals surface area contributed by atoms with Gasteiger partial charge in [-0.3, -0.25) is 9.59 Å². The molecule has 2 aliphatic heterocycles. The van der Waals surface area contributed by atoms with Crippen molar-refractivity contribution in [1.29, 1.82) is 0 Å². The number of likely N-dealkylation sites (tertiary alicyclic amines) is 1. The van der Waals surface area contributed by atoms with E-state index in [1.807, 2.05) is 18.2 Å². The molecule has 0 bridgehead atoms. The van der Waals surface area contributed by atoms with Crippen LogP contribution in [0.4, 0.5) is 0 Å². The van der Waals surface area contributed by atoms with Crippen LogP contribution in [0, 0.1) is 0 Å². The molecular formula is C14H17N3O3. The molecule has 3 rings (SSSR count). The van der Waals surface area contributed by atoms with Crippen LogP contribution in [-0.4, -0.2) is 46.9 Å². The van der Waals surface area contributed by atoms with E-state index < -0.39 is 0 Å². The number of carbonyl (C=O) groups is 2. The minimum absolute atomic E-state index is 0.00275. The average Bonchev–Trinajstić information content (AvgIpc) is 3.08. The number of pyridine rings is 1. The van der Waals surface area contributed by atoms with Crippen molar-refractivity contribution in [1.82, 2.24) is 15.2 Å². The van der Waals surface area contributed by atoms with E-state index in [4.69, 9.17) is 4.74 Å². The van der Waals surface area contributed by atoms with Crippen molar-refractivity contribution in [2.75, 3.05) is 13.1 Å². The number of hydrogen-bond donors (Lipinski definition) is 1. The highest BCUT2D eigenvalue weighted by molar-refractivity contribution is 5.90. The molecule has 0 radical (unpaired) electrons. The quantitative estimate of drug-likeness (QED) is 0.863. The Hall–Kier alpha value is -2.11. The highest BCUT2D eigenvalue weighted by atomic mass is 16.5. The molecule has 2 aliphatic rings. The molecule has 1 N–H and O–H groups in total. The summed E-state index contributed by atoms with van der Waals surface area (Å²) in [4.78, 5) is 29.3. The van der Waals surface area contributed by atoms with Gasteiger partial charge in [0.2, 0.25) is 17.7 Å². The predicted octanol–water partition coefficient (Wildman–Crippen LogP) is 0.340. The lowest BCUT2D eigenvalue weighted by atomic mass is 10.2. The number of aromatic nitrogens is 1. The van der Waals surface area contributed by atoms with E-state index in [9.17, 15) is 9.59 Å². The van der Waals surface area contributed by atoms with Crippen LogP contribution in [0.5, 0.6) is 5.88 Å². The number of rotatable bonds is 3. The maximum atomic E-state index is 12.2. The first-order valence-electron chi connectivity index (χ1n) is 6.88. The van der Waals surface area contributed by atoms with Gasteiger partial charge in [-0.05, 0) is 12.5 Å². The van der Waals surface area contributed by atoms with Gasteiger partial charge in [0.05, 0.1) is 6.54 Å². The van der Waals surface area contributed by atoms with Crippen LogP contribution in [0.25, 0.3) is 0 Å². The van der Waals surface area contributed by atoms with Gasteiger partial charge >= 0.3 is 0 Å². The Labute approximate surface area is 117 Å². The highest BCUT2D eigenvalue weighted by Crippen LogP contribution is 2.18. The molecular weight excluding hydrogens is 258 g/mol. The molecule has 0 spiro atoms. The van der Waals surface area contributed by atoms with Crippen LogP contribution in [0.15, 0.2) is 24.4 Å². The number of nitrogens with one attached hydrogen (secondary N) is 1. The maximum Gasteiger partial charge on any atom is 0.245 e. The Balaban J connectivity index is 1.54. The lowest BCUT2D eigenvalue weighted by Crippen LogP contribution is -2.44. The minimum atomic E-state index is -0.351. The first-order valence-corrected chi connectivity index (χ1v) is 6.88. The third-order valence-corrected chi connectivity index (χ3v) is 3.68. The summed E-state index contributed by atoms with van der Waals surface area (Å²) in [6, 6.07) is 5.16. The average molecular weight is 275 g/mol. The van der Waals surface area contributed by atoms with Crippen molar-refractivity contribution < 1.29 is 14.3 Å². The lowest BCUT2D eigenvalue weighted by molar-refractivity contribution is -0.133. The largest absolute Gasteiger partial charge is 0.472 e. The second-order valence-corrected chi connectivity index (χ2v) is 5.14. The number of nitrogens with zero attached hydrogens (tertiary/aromatic N) is 2. The Morgan fingerprint density at radius 3 is 3.00 bits per heavy atom. The van der Waals surface area contributed by atoms with Crippen LogP contribution in [0.3, 0.4) is 0 Å². The van der Waals surface area contributed by atoms with Crippen molar-refractivity contribution in [2.45, 2.75) is 31.4 Å². The first kappa shape index (κ1) is 12.9. The van der Waals surface area contributed by atoms with Crippen LogP contribution in [0.1, 0.15) is 19.3 Å². The summed E-state index contributed by atoms with van der Waals surface area (Å²) in [6.07, 6.45) is 3.49. The van der Waals surface area contributed by atoms with Gasteiger partial charge in [0.1, 0.15) is 12.1 Å². The van der Waals surface area contributed by atoms with Gasteiger partial charge in [-0.25, -0.2) is 4.98 Å². The second kappa shape index (κ2) is 5.48. The van der Waals surface area contributed by atoms with Gasteiger partial charge in [-0.15, -0.1) is 0 Å². The van der Waals surface area contributed by atoms with E-state index in [0.717, 1.165) is 6.42 Å². The smallest absolute Gasteiger partial charge is 0.245 e. The molecule has 6 nitrogen and oxygen atoms in total. The summed E-state index contributed by atoms with van der Waals surface area (Å²) in [5.74, 6) is 0.549. The fourth-order valence-corrected chi connectivity index (χ4v) is 2.63. The molecule has 3 heterocycles. The third kappa shape index (κ3) is 2.74. The molecule has 106 valence electrons. The summed E-state index contributed by atoms with van der Waals surface area (Å²) in [5.41, 5.74) is 0. The Kier molecular flexibility index (Phi) is 3.54. The molecule has 2 amide bonds. The monoisotopic (exact) mass is 275 g/mol. The topological polar surface area (TPSA) is 71.5 Å². The van der Waals surface area contributed by atoms with Crippen LogP contribution in [0.2, 0.25) is 0 Å². The van der Waals surface area contributed by atoms with Crippen LogP contribution in [-0.2, 0) is 9.59 Å². The zero-order valence-corrected chi connectivity index (χ0v) is 11.1. The van der Waals surface area contributed by atoms with Crippen molar-refractivity contribution in [3.05, 3.63) is 24.4 Å². The summed E-state index contributed by atoms with van der Waals surface area (Å²) >= 11 is 0. The molecule has 0 saturated carbocycles. The SMILES string of the molecule is O=C1CCC(C(=O)N2CCC(Oc3ccccn3)C2)N1. The van der Waals surface area contributed by atoms with Crippen molar-refractivity contribution in [3.8, 4) is 5.88 Å². The fraction of sp³-hybridized carbons (Fsp3) is 0.500. The molecule has 2 fully saturated rings. The van der Waals surface area contributed by atoms with Crippen molar-refractivity contribution >= 4 is 11.8 Å². The Morgan fingerprint density at radius 2 is 2.30 bits per heavy atom. The van der Waals surface area contributed by atoms with E-state index >= 15 is 0 Å². The lowest BCUT2D eigenvalue weighted by Gasteiger charge is -2.20. The zero-order valence-electron chi connectivity index (χ0n) is 11.1. The first-order chi connectivity index (χ1) is 9.72. The highest BCUT2D eigenvalue weighted by Gasteiger charge is 2.35. The van der Waals surface area contributed by atoms with Crippen LogP contribution < -0.4 is 10.1 Å². The minimum Gasteiger partial charge on any atom is -0.472 e. The third-order valence-electron chi connectivity index (χ3n) is 3.68. The zero-order chi connectivity index (χ0) is 13.9. The van der Waals surface area contributed by atoms with E-state index in [1.54, 1.807) is 11.1 Å². The maximum absolute atomic E-state index is 12.2. The summed E-state index contributed by atoms with van der Waals surface area (Å²) in [7, 11) is 0. The Morgan fingerprint density at radius 1 is 1.40 bits per heavy atom. The molecule has 2 unspecified atom stereocenters. The molecule has 2 atom stereocenters. The predicted molar refractivity (Wildman–Crippen MR) is 71.0 cm³/mol. The number of ether oxygens (including phenoxy) is 1. The van der Waals surface area contributed by atoms with E-state index in [2.05, 4.69) is 10.3 Å². The van der Waals surface area contributed by atoms with E-state index in [1.165, 1.54) is 0 Å². The number of carbonyl (C=O) groups excluding carboxylic acids is 2. The van der Waals surface area contributed by atoms with Gasteiger partial charge in [0, 0.05) is 31.6 Å². The van der Waals surface area contributed by atoms with E-state index in [0.29, 0.717) is 31.8 Å². The van der Waals surface area contributed by atoms with Crippen LogP contribution >= 0.6 is 0 Å². The number of hydrogen-bond acceptors (Lipinski definition) is 4. The van der Waals surface area contributed by atoms with Gasteiger partial charge in [0.25, 0.3) is 0 Å². The normalized spacial score (nSPS) is 25.6. The number of amides is 2. The summed E-state index contributed by atoms with van der Waals surface area (Å²) < 4.78 is 5.75. The van der Waals surface area contributed by atoms with Gasteiger partial charge in [-0.2, -0.15) is 0 Å². The fourth-order valence-electron chi connectivity index (χ4n) is 2.63. The van der Waals surface area contributed by atoms with Gasteiger partial charge in [0.15, 0.2) is 0 Å². The van der Waals surface area contributed by atoms with Gasteiger partial charge < -0.3 is 15.0 Å². The molecule has 20 heavy (non-hydrogen) atoms. The molecule has 1 aromatic heterocycles. The molecule has 6 heteroatoms. The molecule has 2 saturated heterocycles. The molecule has 0 aromatic carbocycles. The summed E-state index contributed by atoms with van der Waals surface area (Å²) in [6.45, 7) is 1.23. The molecule has 1 aromatic rings. The Bertz CT molecular complexity index is 506. The van der Waals surface area contributed by atoms with Crippen molar-refractivity contribution in [2.24, 2.45) is 0 Å². The second-order valence-electron chi connectivity index (χ2n) is 5.14. The molecule has 0 aliphatic carbocycles. The standard InChI is InChI=1S/C14H17N3O3/c18-12-5-4-11(16-12)14(19)17-8-6-10(9-17)20-13-3-1-2-7-15-13/h1-3,7,10-11H,4-6,8-9H2,(H,16,18). The summed E-state index contributed by atoms with van der Waals surface area (Å²) in [5, 5.41) is 2.71. The van der Waals surface area contributed by atoms with Crippen molar-refractivity contribution in [3.63, 3.8) is 0 Å². The van der Waals surface area contributed by atoms with E-state index in [-0.39, 0.29) is 24.0 Å².